The van der Waals surface area contributed by atoms with Gasteiger partial charge in [0.25, 0.3) is 0 Å². The molecule has 5 nitrogen and oxygen atoms in total. The number of rotatable bonds is 7. The van der Waals surface area contributed by atoms with Gasteiger partial charge in [0.2, 0.25) is 11.8 Å². The molecule has 0 aliphatic rings. The normalized spacial score (nSPS) is 11.9. The predicted octanol–water partition coefficient (Wildman–Crippen LogP) is -1.49. The van der Waals surface area contributed by atoms with E-state index < -0.39 is 0 Å². The van der Waals surface area contributed by atoms with Gasteiger partial charge in [-0.1, -0.05) is 13.8 Å². The number of quaternary nitrogens is 1. The second-order valence-electron chi connectivity index (χ2n) is 3.54. The minimum absolute atomic E-state index is 0.0620. The Bertz CT molecular complexity index is 207. The van der Waals surface area contributed by atoms with Crippen LogP contribution in [-0.2, 0) is 9.59 Å². The van der Waals surface area contributed by atoms with Gasteiger partial charge in [0.1, 0.15) is 0 Å². The maximum absolute atomic E-state index is 11.0. The molecule has 0 heterocycles. The van der Waals surface area contributed by atoms with Gasteiger partial charge in [-0.25, -0.2) is 0 Å². The van der Waals surface area contributed by atoms with E-state index >= 15 is 0 Å². The first-order chi connectivity index (χ1) is 7.10. The molecule has 1 unspecified atom stereocenters. The molecule has 0 spiro atoms. The number of amides is 2. The van der Waals surface area contributed by atoms with E-state index in [0.29, 0.717) is 26.1 Å². The maximum atomic E-state index is 11.0. The molecule has 0 saturated carbocycles. The highest BCUT2D eigenvalue weighted by atomic mass is 16.2. The predicted molar refractivity (Wildman–Crippen MR) is 58.4 cm³/mol. The first-order valence-electron chi connectivity index (χ1n) is 5.44. The van der Waals surface area contributed by atoms with E-state index in [0.717, 1.165) is 6.54 Å². The van der Waals surface area contributed by atoms with Crippen LogP contribution in [0.5, 0.6) is 0 Å². The molecule has 3 N–H and O–H groups in total. The van der Waals surface area contributed by atoms with Crippen LogP contribution >= 0.6 is 0 Å². The van der Waals surface area contributed by atoms with Crippen LogP contribution < -0.4 is 15.5 Å². The van der Waals surface area contributed by atoms with E-state index in [1.807, 2.05) is 20.9 Å². The van der Waals surface area contributed by atoms with Crippen molar-refractivity contribution < 1.29 is 14.5 Å². The smallest absolute Gasteiger partial charge is 0.223 e. The summed E-state index contributed by atoms with van der Waals surface area (Å²) in [5, 5.41) is 5.59. The summed E-state index contributed by atoms with van der Waals surface area (Å²) >= 11 is 0. The average Bonchev–Trinajstić information content (AvgIpc) is 2.25. The molecule has 0 bridgehead atoms. The Morgan fingerprint density at radius 2 is 1.60 bits per heavy atom. The van der Waals surface area contributed by atoms with E-state index in [9.17, 15) is 9.59 Å². The molecule has 0 saturated heterocycles. The zero-order chi connectivity index (χ0) is 11.7. The Hall–Kier alpha value is -1.10. The van der Waals surface area contributed by atoms with E-state index in [4.69, 9.17) is 0 Å². The van der Waals surface area contributed by atoms with Crippen molar-refractivity contribution >= 4 is 11.8 Å². The molecule has 15 heavy (non-hydrogen) atoms. The second kappa shape index (κ2) is 8.23. The van der Waals surface area contributed by atoms with Crippen molar-refractivity contribution in [3.63, 3.8) is 0 Å². The quantitative estimate of drug-likeness (QED) is 0.454. The van der Waals surface area contributed by atoms with Crippen LogP contribution in [0.1, 0.15) is 26.7 Å². The van der Waals surface area contributed by atoms with Gasteiger partial charge >= 0.3 is 0 Å². The van der Waals surface area contributed by atoms with Crippen molar-refractivity contribution in [2.75, 3.05) is 26.8 Å². The Morgan fingerprint density at radius 1 is 1.07 bits per heavy atom. The molecule has 0 aromatic carbocycles. The summed E-state index contributed by atoms with van der Waals surface area (Å²) in [6.45, 7) is 5.73. The van der Waals surface area contributed by atoms with Gasteiger partial charge < -0.3 is 15.5 Å². The third kappa shape index (κ3) is 7.93. The molecule has 0 radical (unpaired) electrons. The highest BCUT2D eigenvalue weighted by Gasteiger charge is 2.04. The van der Waals surface area contributed by atoms with Gasteiger partial charge in [0.05, 0.1) is 20.1 Å². The zero-order valence-corrected chi connectivity index (χ0v) is 9.85. The summed E-state index contributed by atoms with van der Waals surface area (Å²) in [7, 11) is 1.98. The largest absolute Gasteiger partial charge is 0.350 e. The van der Waals surface area contributed by atoms with Crippen LogP contribution in [0.3, 0.4) is 0 Å². The molecule has 0 aromatic rings. The lowest BCUT2D eigenvalue weighted by Crippen LogP contribution is -3.11. The highest BCUT2D eigenvalue weighted by molar-refractivity contribution is 5.75. The zero-order valence-electron chi connectivity index (χ0n) is 9.85. The highest BCUT2D eigenvalue weighted by Crippen LogP contribution is 1.72. The summed E-state index contributed by atoms with van der Waals surface area (Å²) in [6, 6.07) is 0. The van der Waals surface area contributed by atoms with Crippen LogP contribution in [0.2, 0.25) is 0 Å². The molecule has 0 aliphatic carbocycles. The van der Waals surface area contributed by atoms with E-state index in [-0.39, 0.29) is 11.8 Å². The lowest BCUT2D eigenvalue weighted by atomic mass is 10.4. The molecule has 0 rings (SSSR count). The van der Waals surface area contributed by atoms with Gasteiger partial charge in [-0.15, -0.1) is 0 Å². The van der Waals surface area contributed by atoms with Crippen molar-refractivity contribution in [3.8, 4) is 0 Å². The van der Waals surface area contributed by atoms with Crippen LogP contribution in [0.4, 0.5) is 0 Å². The lowest BCUT2D eigenvalue weighted by Gasteiger charge is -2.14. The molecular formula is C10H22N3O2+. The summed E-state index contributed by atoms with van der Waals surface area (Å²) in [4.78, 5) is 23.0. The Balaban J connectivity index is 3.45. The fraction of sp³-hybridized carbons (Fsp3) is 0.800. The number of hydrogen-bond acceptors (Lipinski definition) is 2. The van der Waals surface area contributed by atoms with Crippen molar-refractivity contribution in [1.29, 1.82) is 0 Å². The number of likely N-dealkylation sites (N-methyl/N-ethyl adjacent to an activating group) is 1. The first-order valence-corrected chi connectivity index (χ1v) is 5.44. The van der Waals surface area contributed by atoms with Gasteiger partial charge in [0, 0.05) is 12.8 Å². The van der Waals surface area contributed by atoms with Crippen molar-refractivity contribution in [3.05, 3.63) is 0 Å². The van der Waals surface area contributed by atoms with Crippen molar-refractivity contribution in [1.82, 2.24) is 10.6 Å². The van der Waals surface area contributed by atoms with Gasteiger partial charge in [-0.3, -0.25) is 9.59 Å². The Morgan fingerprint density at radius 3 is 2.13 bits per heavy atom. The fourth-order valence-corrected chi connectivity index (χ4v) is 1.00. The van der Waals surface area contributed by atoms with Gasteiger partial charge in [-0.05, 0) is 0 Å². The summed E-state index contributed by atoms with van der Waals surface area (Å²) < 4.78 is 0. The molecular weight excluding hydrogens is 194 g/mol. The summed E-state index contributed by atoms with van der Waals surface area (Å²) in [5.41, 5.74) is 0. The molecule has 88 valence electrons. The average molecular weight is 216 g/mol. The summed E-state index contributed by atoms with van der Waals surface area (Å²) in [5.74, 6) is 0.132. The molecule has 0 fully saturated rings. The molecule has 0 aromatic heterocycles. The monoisotopic (exact) mass is 216 g/mol. The van der Waals surface area contributed by atoms with Crippen LogP contribution in [0.15, 0.2) is 0 Å². The SMILES string of the molecule is CCC(=O)NCC[NH+](C)CNC(=O)CC. The summed E-state index contributed by atoms with van der Waals surface area (Å²) in [6.07, 6.45) is 1.03. The van der Waals surface area contributed by atoms with Crippen LogP contribution in [0, 0.1) is 0 Å². The van der Waals surface area contributed by atoms with E-state index in [1.54, 1.807) is 0 Å². The lowest BCUT2D eigenvalue weighted by molar-refractivity contribution is -0.880. The van der Waals surface area contributed by atoms with E-state index in [1.165, 1.54) is 4.90 Å². The third-order valence-corrected chi connectivity index (χ3v) is 2.10. The standard InChI is InChI=1S/C10H21N3O2/c1-4-9(14)11-6-7-13(3)8-12-10(15)5-2/h4-8H2,1-3H3,(H,11,14)(H,12,15)/p+1. The number of carbonyl (C=O) groups excluding carboxylic acids is 2. The number of carbonyl (C=O) groups is 2. The van der Waals surface area contributed by atoms with Gasteiger partial charge in [-0.2, -0.15) is 0 Å². The topological polar surface area (TPSA) is 62.6 Å². The Kier molecular flexibility index (Phi) is 7.62. The number of nitrogens with one attached hydrogen (secondary N) is 3. The second-order valence-corrected chi connectivity index (χ2v) is 3.54. The van der Waals surface area contributed by atoms with E-state index in [2.05, 4.69) is 10.6 Å². The minimum atomic E-state index is 0.0620. The maximum Gasteiger partial charge on any atom is 0.223 e. The van der Waals surface area contributed by atoms with Crippen molar-refractivity contribution in [2.24, 2.45) is 0 Å². The molecule has 0 aliphatic heterocycles. The number of hydrogen-bond donors (Lipinski definition) is 3. The first kappa shape index (κ1) is 13.9. The minimum Gasteiger partial charge on any atom is -0.350 e. The van der Waals surface area contributed by atoms with Crippen LogP contribution in [-0.4, -0.2) is 38.6 Å². The fourth-order valence-electron chi connectivity index (χ4n) is 1.00. The molecule has 2 amide bonds. The van der Waals surface area contributed by atoms with Gasteiger partial charge in [0.15, 0.2) is 6.67 Å². The Labute approximate surface area is 91.2 Å². The van der Waals surface area contributed by atoms with Crippen LogP contribution in [0.25, 0.3) is 0 Å². The van der Waals surface area contributed by atoms with Crippen molar-refractivity contribution in [2.45, 2.75) is 26.7 Å². The molecule has 1 atom stereocenters. The molecule has 5 heteroatoms. The third-order valence-electron chi connectivity index (χ3n) is 2.10.